The predicted octanol–water partition coefficient (Wildman–Crippen LogP) is 2.21. The van der Waals surface area contributed by atoms with Crippen LogP contribution in [0, 0.1) is 6.92 Å². The quantitative estimate of drug-likeness (QED) is 0.921. The third-order valence-corrected chi connectivity index (χ3v) is 5.33. The van der Waals surface area contributed by atoms with E-state index < -0.39 is 15.2 Å². The number of carbonyl (C=O) groups excluding carboxylic acids is 1. The number of rotatable bonds is 2. The van der Waals surface area contributed by atoms with Crippen LogP contribution in [0.3, 0.4) is 0 Å². The van der Waals surface area contributed by atoms with Gasteiger partial charge in [0.05, 0.1) is 4.90 Å². The molecule has 0 saturated heterocycles. The smallest absolute Gasteiger partial charge is 0.252 e. The first-order valence-corrected chi connectivity index (χ1v) is 7.75. The normalized spacial score (nSPS) is 17.6. The van der Waals surface area contributed by atoms with Gasteiger partial charge in [0.2, 0.25) is 9.84 Å². The second kappa shape index (κ2) is 4.45. The van der Waals surface area contributed by atoms with Gasteiger partial charge in [-0.05, 0) is 25.1 Å². The molecule has 0 spiro atoms. The van der Waals surface area contributed by atoms with Crippen molar-refractivity contribution >= 4 is 15.7 Å². The van der Waals surface area contributed by atoms with Gasteiger partial charge in [0.1, 0.15) is 0 Å². The molecule has 102 valence electrons. The molecule has 0 bridgehead atoms. The Hall–Kier alpha value is -2.14. The van der Waals surface area contributed by atoms with Crippen molar-refractivity contribution in [2.45, 2.75) is 17.2 Å². The molecule has 1 N–H and O–H groups in total. The van der Waals surface area contributed by atoms with E-state index >= 15 is 0 Å². The Morgan fingerprint density at radius 1 is 1.00 bits per heavy atom. The Labute approximate surface area is 117 Å². The first kappa shape index (κ1) is 12.9. The van der Waals surface area contributed by atoms with Crippen LogP contribution in [0.1, 0.15) is 26.9 Å². The molecule has 1 aliphatic rings. The summed E-state index contributed by atoms with van der Waals surface area (Å²) < 4.78 is 25.3. The molecule has 4 nitrogen and oxygen atoms in total. The summed E-state index contributed by atoms with van der Waals surface area (Å²) in [5, 5.41) is 1.54. The summed E-state index contributed by atoms with van der Waals surface area (Å²) in [6.45, 7) is 1.89. The molecular formula is C15H13NO3S. The van der Waals surface area contributed by atoms with Crippen LogP contribution in [0.2, 0.25) is 0 Å². The lowest BCUT2D eigenvalue weighted by molar-refractivity contribution is 0.0963. The van der Waals surface area contributed by atoms with Gasteiger partial charge in [0, 0.05) is 11.1 Å². The molecular weight excluding hydrogens is 274 g/mol. The van der Waals surface area contributed by atoms with Gasteiger partial charge in [-0.3, -0.25) is 4.79 Å². The third kappa shape index (κ3) is 1.91. The van der Waals surface area contributed by atoms with Gasteiger partial charge in [-0.15, -0.1) is 0 Å². The van der Waals surface area contributed by atoms with Crippen molar-refractivity contribution in [2.75, 3.05) is 0 Å². The number of fused-ring (bicyclic) bond motifs is 1. The second-order valence-electron chi connectivity index (χ2n) is 4.80. The van der Waals surface area contributed by atoms with Gasteiger partial charge in [0.15, 0.2) is 5.37 Å². The monoisotopic (exact) mass is 287 g/mol. The summed E-state index contributed by atoms with van der Waals surface area (Å²) in [7, 11) is -3.63. The van der Waals surface area contributed by atoms with Crippen molar-refractivity contribution in [3.8, 4) is 0 Å². The lowest BCUT2D eigenvalue weighted by Gasteiger charge is -2.13. The van der Waals surface area contributed by atoms with Gasteiger partial charge in [0.25, 0.3) is 5.91 Å². The van der Waals surface area contributed by atoms with Gasteiger partial charge in [-0.2, -0.15) is 0 Å². The molecule has 0 saturated carbocycles. The number of benzene rings is 2. The molecule has 1 heterocycles. The highest BCUT2D eigenvalue weighted by atomic mass is 32.2. The van der Waals surface area contributed by atoms with E-state index in [1.807, 2.05) is 6.92 Å². The largest absolute Gasteiger partial charge is 0.331 e. The predicted molar refractivity (Wildman–Crippen MR) is 75.0 cm³/mol. The first-order valence-electron chi connectivity index (χ1n) is 6.20. The van der Waals surface area contributed by atoms with E-state index in [4.69, 9.17) is 0 Å². The van der Waals surface area contributed by atoms with Crippen LogP contribution >= 0.6 is 0 Å². The number of sulfone groups is 1. The maximum absolute atomic E-state index is 12.6. The molecule has 1 aliphatic heterocycles. The number of hydrogen-bond donors (Lipinski definition) is 1. The van der Waals surface area contributed by atoms with E-state index in [2.05, 4.69) is 5.32 Å². The van der Waals surface area contributed by atoms with E-state index in [1.54, 1.807) is 48.5 Å². The first-order chi connectivity index (χ1) is 9.50. The standard InChI is InChI=1S/C15H13NO3S/c1-10-6-8-11(9-7-10)20(18,19)15-13-5-3-2-4-12(13)14(17)16-15/h2-9,15H,1H3,(H,16,17)/t15-/m0/s1. The highest BCUT2D eigenvalue weighted by Gasteiger charge is 2.38. The zero-order valence-electron chi connectivity index (χ0n) is 10.8. The zero-order chi connectivity index (χ0) is 14.3. The van der Waals surface area contributed by atoms with E-state index in [0.717, 1.165) is 5.56 Å². The number of carbonyl (C=O) groups is 1. The van der Waals surface area contributed by atoms with Crippen LogP contribution in [0.5, 0.6) is 0 Å². The van der Waals surface area contributed by atoms with Gasteiger partial charge < -0.3 is 5.32 Å². The minimum Gasteiger partial charge on any atom is -0.331 e. The van der Waals surface area contributed by atoms with Crippen LogP contribution in [0.25, 0.3) is 0 Å². The fraction of sp³-hybridized carbons (Fsp3) is 0.133. The minimum absolute atomic E-state index is 0.213. The van der Waals surface area contributed by atoms with Gasteiger partial charge in [-0.1, -0.05) is 35.9 Å². The van der Waals surface area contributed by atoms with Crippen molar-refractivity contribution in [2.24, 2.45) is 0 Å². The Morgan fingerprint density at radius 2 is 1.65 bits per heavy atom. The molecule has 5 heteroatoms. The Kier molecular flexibility index (Phi) is 2.87. The highest BCUT2D eigenvalue weighted by Crippen LogP contribution is 2.33. The average Bonchev–Trinajstić information content (AvgIpc) is 2.78. The topological polar surface area (TPSA) is 63.2 Å². The lowest BCUT2D eigenvalue weighted by Crippen LogP contribution is -2.26. The molecule has 20 heavy (non-hydrogen) atoms. The maximum atomic E-state index is 12.6. The summed E-state index contributed by atoms with van der Waals surface area (Å²) in [4.78, 5) is 12.0. The van der Waals surface area contributed by atoms with Crippen LogP contribution in [-0.2, 0) is 9.84 Å². The van der Waals surface area contributed by atoms with Gasteiger partial charge in [-0.25, -0.2) is 8.42 Å². The molecule has 0 radical (unpaired) electrons. The summed E-state index contributed by atoms with van der Waals surface area (Å²) in [6.07, 6.45) is 0. The molecule has 2 aromatic rings. The minimum atomic E-state index is -3.63. The highest BCUT2D eigenvalue weighted by molar-refractivity contribution is 7.91. The van der Waals surface area contributed by atoms with E-state index in [1.165, 1.54) is 0 Å². The number of hydrogen-bond acceptors (Lipinski definition) is 3. The Balaban J connectivity index is 2.10. The molecule has 2 aromatic carbocycles. The van der Waals surface area contributed by atoms with Crippen molar-refractivity contribution < 1.29 is 13.2 Å². The fourth-order valence-corrected chi connectivity index (χ4v) is 3.91. The third-order valence-electron chi connectivity index (χ3n) is 3.41. The maximum Gasteiger partial charge on any atom is 0.252 e. The lowest BCUT2D eigenvalue weighted by atomic mass is 10.1. The van der Waals surface area contributed by atoms with Crippen molar-refractivity contribution in [3.05, 3.63) is 65.2 Å². The Morgan fingerprint density at radius 3 is 2.35 bits per heavy atom. The molecule has 0 fully saturated rings. The fourth-order valence-electron chi connectivity index (χ4n) is 2.32. The van der Waals surface area contributed by atoms with Crippen molar-refractivity contribution in [1.82, 2.24) is 5.32 Å². The number of amides is 1. The number of aryl methyl sites for hydroxylation is 1. The zero-order valence-corrected chi connectivity index (χ0v) is 11.6. The molecule has 0 unspecified atom stereocenters. The molecule has 1 atom stereocenters. The van der Waals surface area contributed by atoms with E-state index in [0.29, 0.717) is 11.1 Å². The summed E-state index contributed by atoms with van der Waals surface area (Å²) in [5.41, 5.74) is 1.92. The average molecular weight is 287 g/mol. The summed E-state index contributed by atoms with van der Waals surface area (Å²) in [5.74, 6) is -0.346. The second-order valence-corrected chi connectivity index (χ2v) is 6.83. The Bertz CT molecular complexity index is 779. The summed E-state index contributed by atoms with van der Waals surface area (Å²) >= 11 is 0. The SMILES string of the molecule is Cc1ccc(S(=O)(=O)[C@@H]2NC(=O)c3ccccc32)cc1. The molecule has 1 amide bonds. The van der Waals surface area contributed by atoms with Gasteiger partial charge >= 0.3 is 0 Å². The summed E-state index contributed by atoms with van der Waals surface area (Å²) in [6, 6.07) is 13.4. The van der Waals surface area contributed by atoms with Crippen molar-refractivity contribution in [3.63, 3.8) is 0 Å². The van der Waals surface area contributed by atoms with E-state index in [9.17, 15) is 13.2 Å². The van der Waals surface area contributed by atoms with Crippen molar-refractivity contribution in [1.29, 1.82) is 0 Å². The molecule has 0 aromatic heterocycles. The molecule has 0 aliphatic carbocycles. The number of nitrogens with one attached hydrogen (secondary N) is 1. The van der Waals surface area contributed by atoms with Crippen LogP contribution in [-0.4, -0.2) is 14.3 Å². The van der Waals surface area contributed by atoms with E-state index in [-0.39, 0.29) is 10.8 Å². The van der Waals surface area contributed by atoms with Crippen LogP contribution in [0.15, 0.2) is 53.4 Å². The van der Waals surface area contributed by atoms with Crippen LogP contribution < -0.4 is 5.32 Å². The van der Waals surface area contributed by atoms with Crippen LogP contribution in [0.4, 0.5) is 0 Å². The molecule has 3 rings (SSSR count).